The van der Waals surface area contributed by atoms with Gasteiger partial charge in [0.1, 0.15) is 17.1 Å². The molecule has 0 aliphatic heterocycles. The number of fused-ring (bicyclic) bond motifs is 1. The van der Waals surface area contributed by atoms with E-state index in [-0.39, 0.29) is 5.75 Å². The zero-order valence-electron chi connectivity index (χ0n) is 9.83. The first-order valence-corrected chi connectivity index (χ1v) is 5.53. The van der Waals surface area contributed by atoms with Gasteiger partial charge in [-0.05, 0) is 18.2 Å². The Morgan fingerprint density at radius 3 is 2.89 bits per heavy atom. The van der Waals surface area contributed by atoms with Crippen LogP contribution in [0, 0.1) is 0 Å². The van der Waals surface area contributed by atoms with Gasteiger partial charge in [-0.25, -0.2) is 4.98 Å². The number of aryl methyl sites for hydroxylation is 1. The van der Waals surface area contributed by atoms with E-state index in [1.54, 1.807) is 30.6 Å². The molecule has 3 rings (SSSR count). The molecule has 2 aromatic heterocycles. The zero-order valence-corrected chi connectivity index (χ0v) is 9.83. The lowest BCUT2D eigenvalue weighted by molar-refractivity contribution is 0.479. The lowest BCUT2D eigenvalue weighted by Gasteiger charge is -2.06. The van der Waals surface area contributed by atoms with Crippen molar-refractivity contribution in [2.45, 2.75) is 0 Å². The van der Waals surface area contributed by atoms with Crippen molar-refractivity contribution in [1.29, 1.82) is 0 Å². The van der Waals surface area contributed by atoms with Crippen molar-refractivity contribution < 1.29 is 5.11 Å². The first-order chi connectivity index (χ1) is 8.68. The third-order valence-corrected chi connectivity index (χ3v) is 2.99. The van der Waals surface area contributed by atoms with Gasteiger partial charge in [-0.2, -0.15) is 0 Å². The second-order valence-electron chi connectivity index (χ2n) is 4.10. The van der Waals surface area contributed by atoms with Gasteiger partial charge in [-0.15, -0.1) is 0 Å². The molecule has 3 aromatic rings. The van der Waals surface area contributed by atoms with Crippen molar-refractivity contribution in [3.8, 4) is 17.1 Å². The van der Waals surface area contributed by atoms with Crippen molar-refractivity contribution in [3.05, 3.63) is 36.7 Å². The number of rotatable bonds is 1. The summed E-state index contributed by atoms with van der Waals surface area (Å²) in [5.41, 5.74) is 8.42. The van der Waals surface area contributed by atoms with Crippen LogP contribution >= 0.6 is 0 Å². The summed E-state index contributed by atoms with van der Waals surface area (Å²) in [7, 11) is 1.90. The lowest BCUT2D eigenvalue weighted by atomic mass is 10.1. The number of benzene rings is 1. The van der Waals surface area contributed by atoms with Crippen LogP contribution in [0.25, 0.3) is 22.4 Å². The number of anilines is 1. The Bertz CT molecular complexity index is 733. The molecule has 3 N–H and O–H groups in total. The average Bonchev–Trinajstić information content (AvgIpc) is 2.71. The van der Waals surface area contributed by atoms with Crippen molar-refractivity contribution in [2.75, 3.05) is 5.73 Å². The summed E-state index contributed by atoms with van der Waals surface area (Å²) in [6, 6.07) is 7.13. The van der Waals surface area contributed by atoms with Gasteiger partial charge < -0.3 is 15.4 Å². The standard InChI is InChI=1S/C13H12N4O/c1-17-11-5-6-15-7-10(11)16-13(17)8-3-2-4-9(14)12(8)18/h2-7,18H,14H2,1H3. The van der Waals surface area contributed by atoms with Crippen molar-refractivity contribution in [1.82, 2.24) is 14.5 Å². The molecule has 0 amide bonds. The molecule has 0 aliphatic carbocycles. The number of aromatic nitrogens is 3. The van der Waals surface area contributed by atoms with E-state index >= 15 is 0 Å². The fourth-order valence-corrected chi connectivity index (χ4v) is 2.03. The van der Waals surface area contributed by atoms with Crippen LogP contribution in [-0.4, -0.2) is 19.6 Å². The molecule has 0 bridgehead atoms. The van der Waals surface area contributed by atoms with Crippen LogP contribution in [0.5, 0.6) is 5.75 Å². The topological polar surface area (TPSA) is 77.0 Å². The van der Waals surface area contributed by atoms with Crippen LogP contribution < -0.4 is 5.73 Å². The number of imidazole rings is 1. The minimum absolute atomic E-state index is 0.0591. The van der Waals surface area contributed by atoms with Gasteiger partial charge in [-0.3, -0.25) is 4.98 Å². The first kappa shape index (κ1) is 10.6. The molecule has 0 atom stereocenters. The molecule has 0 fully saturated rings. The van der Waals surface area contributed by atoms with Crippen molar-refractivity contribution >= 4 is 16.7 Å². The van der Waals surface area contributed by atoms with Gasteiger partial charge in [0.05, 0.1) is 23.0 Å². The predicted octanol–water partition coefficient (Wildman–Crippen LogP) is 1.92. The SMILES string of the molecule is Cn1c(-c2cccc(N)c2O)nc2cnccc21. The van der Waals surface area contributed by atoms with Gasteiger partial charge in [0.2, 0.25) is 0 Å². The average molecular weight is 240 g/mol. The van der Waals surface area contributed by atoms with Crippen LogP contribution in [0.2, 0.25) is 0 Å². The minimum atomic E-state index is 0.0591. The predicted molar refractivity (Wildman–Crippen MR) is 70.0 cm³/mol. The Morgan fingerprint density at radius 1 is 1.28 bits per heavy atom. The van der Waals surface area contributed by atoms with E-state index in [0.717, 1.165) is 11.0 Å². The number of pyridine rings is 1. The van der Waals surface area contributed by atoms with Crippen LogP contribution in [-0.2, 0) is 7.05 Å². The van der Waals surface area contributed by atoms with Gasteiger partial charge in [0.15, 0.2) is 0 Å². The Hall–Kier alpha value is -2.56. The largest absolute Gasteiger partial charge is 0.505 e. The molecule has 90 valence electrons. The number of nitrogens with zero attached hydrogens (tertiary/aromatic N) is 3. The van der Waals surface area contributed by atoms with Gasteiger partial charge in [-0.1, -0.05) is 6.07 Å². The third-order valence-electron chi connectivity index (χ3n) is 2.99. The van der Waals surface area contributed by atoms with E-state index in [1.165, 1.54) is 0 Å². The molecule has 0 saturated heterocycles. The lowest BCUT2D eigenvalue weighted by Crippen LogP contribution is -1.94. The Labute approximate surface area is 104 Å². The highest BCUT2D eigenvalue weighted by atomic mass is 16.3. The van der Waals surface area contributed by atoms with Crippen molar-refractivity contribution in [3.63, 3.8) is 0 Å². The number of aromatic hydroxyl groups is 1. The molecule has 0 aliphatic rings. The minimum Gasteiger partial charge on any atom is -0.505 e. The second kappa shape index (κ2) is 3.73. The highest BCUT2D eigenvalue weighted by molar-refractivity contribution is 5.82. The maximum Gasteiger partial charge on any atom is 0.149 e. The fraction of sp³-hybridized carbons (Fsp3) is 0.0769. The van der Waals surface area contributed by atoms with E-state index in [0.29, 0.717) is 17.1 Å². The number of nitrogens with two attached hydrogens (primary N) is 1. The second-order valence-corrected chi connectivity index (χ2v) is 4.10. The molecule has 0 radical (unpaired) electrons. The number of phenolic OH excluding ortho intramolecular Hbond substituents is 1. The summed E-state index contributed by atoms with van der Waals surface area (Å²) >= 11 is 0. The van der Waals surface area contributed by atoms with E-state index in [9.17, 15) is 5.11 Å². The highest BCUT2D eigenvalue weighted by Crippen LogP contribution is 2.34. The fourth-order valence-electron chi connectivity index (χ4n) is 2.03. The normalized spacial score (nSPS) is 10.9. The molecule has 5 heteroatoms. The number of phenols is 1. The van der Waals surface area contributed by atoms with E-state index in [2.05, 4.69) is 9.97 Å². The van der Waals surface area contributed by atoms with Gasteiger partial charge in [0, 0.05) is 13.2 Å². The van der Waals surface area contributed by atoms with Crippen LogP contribution in [0.15, 0.2) is 36.7 Å². The molecular formula is C13H12N4O. The summed E-state index contributed by atoms with van der Waals surface area (Å²) in [5, 5.41) is 10.0. The Morgan fingerprint density at radius 2 is 2.11 bits per heavy atom. The van der Waals surface area contributed by atoms with E-state index < -0.39 is 0 Å². The Balaban J connectivity index is 2.32. The zero-order chi connectivity index (χ0) is 12.7. The molecule has 0 unspecified atom stereocenters. The number of hydrogen-bond donors (Lipinski definition) is 2. The van der Waals surface area contributed by atoms with Crippen LogP contribution in [0.1, 0.15) is 0 Å². The van der Waals surface area contributed by atoms with Gasteiger partial charge >= 0.3 is 0 Å². The smallest absolute Gasteiger partial charge is 0.149 e. The van der Waals surface area contributed by atoms with Crippen molar-refractivity contribution in [2.24, 2.45) is 7.05 Å². The molecule has 18 heavy (non-hydrogen) atoms. The summed E-state index contributed by atoms with van der Waals surface area (Å²) in [5.74, 6) is 0.728. The number of nitrogen functional groups attached to an aromatic ring is 1. The number of hydrogen-bond acceptors (Lipinski definition) is 4. The first-order valence-electron chi connectivity index (χ1n) is 5.53. The maximum absolute atomic E-state index is 10.0. The quantitative estimate of drug-likeness (QED) is 0.503. The number of para-hydroxylation sites is 1. The summed E-state index contributed by atoms with van der Waals surface area (Å²) in [4.78, 5) is 8.51. The molecule has 0 saturated carbocycles. The monoisotopic (exact) mass is 240 g/mol. The third kappa shape index (κ3) is 1.41. The maximum atomic E-state index is 10.0. The van der Waals surface area contributed by atoms with Crippen LogP contribution in [0.4, 0.5) is 5.69 Å². The molecule has 1 aromatic carbocycles. The molecule has 0 spiro atoms. The van der Waals surface area contributed by atoms with Crippen LogP contribution in [0.3, 0.4) is 0 Å². The molecular weight excluding hydrogens is 228 g/mol. The summed E-state index contributed by atoms with van der Waals surface area (Å²) in [6.45, 7) is 0. The highest BCUT2D eigenvalue weighted by Gasteiger charge is 2.14. The summed E-state index contributed by atoms with van der Waals surface area (Å²) < 4.78 is 1.91. The molecule has 5 nitrogen and oxygen atoms in total. The van der Waals surface area contributed by atoms with Gasteiger partial charge in [0.25, 0.3) is 0 Å². The summed E-state index contributed by atoms with van der Waals surface area (Å²) in [6.07, 6.45) is 3.41. The van der Waals surface area contributed by atoms with E-state index in [1.807, 2.05) is 17.7 Å². The van der Waals surface area contributed by atoms with E-state index in [4.69, 9.17) is 5.73 Å². The Kier molecular flexibility index (Phi) is 2.19. The molecule has 2 heterocycles.